The predicted molar refractivity (Wildman–Crippen MR) is 119 cm³/mol. The maximum atomic E-state index is 5.74. The average molecular weight is 389 g/mol. The van der Waals surface area contributed by atoms with Crippen LogP contribution in [0.15, 0.2) is 42.5 Å². The summed E-state index contributed by atoms with van der Waals surface area (Å²) in [7, 11) is 3.41. The summed E-state index contributed by atoms with van der Waals surface area (Å²) in [5.41, 5.74) is 12.1. The zero-order valence-corrected chi connectivity index (χ0v) is 17.2. The molecule has 0 unspecified atom stereocenters. The Hall–Kier alpha value is -3.05. The number of aromatic nitrogens is 2. The molecule has 150 valence electrons. The molecule has 0 saturated carbocycles. The van der Waals surface area contributed by atoms with E-state index in [1.807, 2.05) is 30.3 Å². The summed E-state index contributed by atoms with van der Waals surface area (Å²) < 4.78 is 11.2. The number of hydrogen-bond donors (Lipinski definition) is 2. The zero-order valence-electron chi connectivity index (χ0n) is 17.2. The second-order valence-electron chi connectivity index (χ2n) is 7.32. The lowest BCUT2D eigenvalue weighted by atomic mass is 10.0. The van der Waals surface area contributed by atoms with Crippen LogP contribution in [0.2, 0.25) is 0 Å². The first-order chi connectivity index (χ1) is 14.2. The number of H-pyrrole nitrogens is 1. The molecule has 29 heavy (non-hydrogen) atoms. The first-order valence-corrected chi connectivity index (χ1v) is 9.99. The van der Waals surface area contributed by atoms with Gasteiger partial charge in [0.2, 0.25) is 0 Å². The molecule has 5 heteroatoms. The summed E-state index contributed by atoms with van der Waals surface area (Å²) in [6, 6.07) is 14.2. The molecule has 0 radical (unpaired) electrons. The Morgan fingerprint density at radius 3 is 2.59 bits per heavy atom. The van der Waals surface area contributed by atoms with Gasteiger partial charge < -0.3 is 20.2 Å². The van der Waals surface area contributed by atoms with Crippen molar-refractivity contribution in [2.24, 2.45) is 5.73 Å². The van der Waals surface area contributed by atoms with Crippen molar-refractivity contribution in [3.05, 3.63) is 53.6 Å². The number of fused-ring (bicyclic) bond motifs is 2. The summed E-state index contributed by atoms with van der Waals surface area (Å²) in [5, 5.41) is 2.19. The molecular weight excluding hydrogens is 362 g/mol. The van der Waals surface area contributed by atoms with Crippen molar-refractivity contribution in [3.63, 3.8) is 0 Å². The van der Waals surface area contributed by atoms with Gasteiger partial charge in [0.1, 0.15) is 11.5 Å². The highest BCUT2D eigenvalue weighted by Gasteiger charge is 2.18. The van der Waals surface area contributed by atoms with Crippen LogP contribution in [0, 0.1) is 6.92 Å². The molecule has 4 aromatic rings. The molecule has 0 atom stereocenters. The molecule has 0 amide bonds. The van der Waals surface area contributed by atoms with E-state index in [4.69, 9.17) is 20.2 Å². The number of nitrogens with one attached hydrogen (secondary N) is 1. The number of unbranched alkanes of at least 4 members (excludes halogenated alkanes) is 1. The van der Waals surface area contributed by atoms with Crippen molar-refractivity contribution >= 4 is 21.8 Å². The number of hydrogen-bond acceptors (Lipinski definition) is 4. The Bertz CT molecular complexity index is 1160. The number of rotatable bonds is 7. The van der Waals surface area contributed by atoms with Crippen LogP contribution in [0.3, 0.4) is 0 Å². The maximum Gasteiger partial charge on any atom is 0.130 e. The fourth-order valence-corrected chi connectivity index (χ4v) is 3.98. The highest BCUT2D eigenvalue weighted by atomic mass is 16.5. The normalized spacial score (nSPS) is 11.3. The van der Waals surface area contributed by atoms with Crippen LogP contribution in [0.25, 0.3) is 33.2 Å². The fourth-order valence-electron chi connectivity index (χ4n) is 3.98. The highest BCUT2D eigenvalue weighted by molar-refractivity contribution is 5.95. The van der Waals surface area contributed by atoms with E-state index in [0.717, 1.165) is 64.1 Å². The van der Waals surface area contributed by atoms with Gasteiger partial charge in [-0.2, -0.15) is 0 Å². The van der Waals surface area contributed by atoms with Gasteiger partial charge in [-0.15, -0.1) is 0 Å². The summed E-state index contributed by atoms with van der Waals surface area (Å²) in [4.78, 5) is 8.58. The summed E-state index contributed by atoms with van der Waals surface area (Å²) >= 11 is 0. The van der Waals surface area contributed by atoms with Crippen LogP contribution < -0.4 is 15.2 Å². The van der Waals surface area contributed by atoms with Crippen LogP contribution in [-0.2, 0) is 6.42 Å². The number of aryl methyl sites for hydroxylation is 2. The summed E-state index contributed by atoms with van der Waals surface area (Å²) in [6.07, 6.45) is 2.94. The van der Waals surface area contributed by atoms with Gasteiger partial charge >= 0.3 is 0 Å². The van der Waals surface area contributed by atoms with Crippen molar-refractivity contribution in [2.75, 3.05) is 20.8 Å². The number of nitrogens with two attached hydrogens (primary N) is 1. The van der Waals surface area contributed by atoms with Gasteiger partial charge in [-0.05, 0) is 68.1 Å². The minimum absolute atomic E-state index is 0.697. The molecule has 0 saturated heterocycles. The van der Waals surface area contributed by atoms with Crippen LogP contribution in [0.4, 0.5) is 0 Å². The quantitative estimate of drug-likeness (QED) is 0.437. The van der Waals surface area contributed by atoms with Gasteiger partial charge in [0.15, 0.2) is 0 Å². The molecule has 0 bridgehead atoms. The molecular formula is C24H27N3O2. The first-order valence-electron chi connectivity index (χ1n) is 9.99. The summed E-state index contributed by atoms with van der Waals surface area (Å²) in [5.74, 6) is 1.69. The second-order valence-corrected chi connectivity index (χ2v) is 7.32. The number of benzene rings is 2. The molecule has 4 rings (SSSR count). The molecule has 2 heterocycles. The van der Waals surface area contributed by atoms with Crippen LogP contribution in [0.1, 0.15) is 24.0 Å². The lowest BCUT2D eigenvalue weighted by molar-refractivity contribution is 0.415. The van der Waals surface area contributed by atoms with Crippen molar-refractivity contribution in [3.8, 4) is 22.9 Å². The monoisotopic (exact) mass is 389 g/mol. The van der Waals surface area contributed by atoms with E-state index in [2.05, 4.69) is 24.0 Å². The number of aromatic amines is 1. The van der Waals surface area contributed by atoms with Crippen molar-refractivity contribution < 1.29 is 9.47 Å². The van der Waals surface area contributed by atoms with E-state index >= 15 is 0 Å². The Labute approximate surface area is 170 Å². The minimum atomic E-state index is 0.697. The first kappa shape index (κ1) is 19.3. The van der Waals surface area contributed by atoms with Gasteiger partial charge in [-0.1, -0.05) is 12.1 Å². The number of nitrogens with zero attached hydrogens (tertiary/aromatic N) is 1. The van der Waals surface area contributed by atoms with Gasteiger partial charge in [0, 0.05) is 22.4 Å². The topological polar surface area (TPSA) is 73.2 Å². The third kappa shape index (κ3) is 3.54. The molecule has 3 N–H and O–H groups in total. The second kappa shape index (κ2) is 8.13. The molecule has 0 spiro atoms. The minimum Gasteiger partial charge on any atom is -0.497 e. The largest absolute Gasteiger partial charge is 0.497 e. The van der Waals surface area contributed by atoms with Crippen LogP contribution in [-0.4, -0.2) is 30.7 Å². The van der Waals surface area contributed by atoms with E-state index in [1.54, 1.807) is 14.2 Å². The zero-order chi connectivity index (χ0) is 20.4. The fraction of sp³-hybridized carbons (Fsp3) is 0.292. The van der Waals surface area contributed by atoms with Gasteiger partial charge in [-0.3, -0.25) is 0 Å². The average Bonchev–Trinajstić information content (AvgIpc) is 3.12. The SMILES string of the molecule is COc1cc(C)c2[nH]c(-c3cc(OC)c4ccccc4n3)c(CCCCN)c2c1. The van der Waals surface area contributed by atoms with E-state index in [1.165, 1.54) is 10.9 Å². The number of methoxy groups -OCH3 is 2. The van der Waals surface area contributed by atoms with Crippen LogP contribution >= 0.6 is 0 Å². The van der Waals surface area contributed by atoms with Crippen molar-refractivity contribution in [2.45, 2.75) is 26.2 Å². The Morgan fingerprint density at radius 1 is 1.00 bits per heavy atom. The molecule has 0 aliphatic heterocycles. The maximum absolute atomic E-state index is 5.74. The van der Waals surface area contributed by atoms with E-state index in [9.17, 15) is 0 Å². The molecule has 5 nitrogen and oxygen atoms in total. The lowest BCUT2D eigenvalue weighted by Crippen LogP contribution is -2.00. The molecule has 2 aromatic carbocycles. The highest BCUT2D eigenvalue weighted by Crippen LogP contribution is 2.37. The van der Waals surface area contributed by atoms with E-state index in [-0.39, 0.29) is 0 Å². The van der Waals surface area contributed by atoms with E-state index in [0.29, 0.717) is 6.54 Å². The number of pyridine rings is 1. The van der Waals surface area contributed by atoms with Crippen molar-refractivity contribution in [1.29, 1.82) is 0 Å². The van der Waals surface area contributed by atoms with Crippen molar-refractivity contribution in [1.82, 2.24) is 9.97 Å². The Balaban J connectivity index is 1.96. The van der Waals surface area contributed by atoms with Gasteiger partial charge in [-0.25, -0.2) is 4.98 Å². The van der Waals surface area contributed by atoms with Gasteiger partial charge in [0.25, 0.3) is 0 Å². The smallest absolute Gasteiger partial charge is 0.130 e. The number of para-hydroxylation sites is 1. The third-order valence-corrected chi connectivity index (χ3v) is 5.46. The Morgan fingerprint density at radius 2 is 1.83 bits per heavy atom. The third-order valence-electron chi connectivity index (χ3n) is 5.46. The van der Waals surface area contributed by atoms with E-state index < -0.39 is 0 Å². The van der Waals surface area contributed by atoms with Gasteiger partial charge in [0.05, 0.1) is 31.1 Å². The molecule has 2 aromatic heterocycles. The number of ether oxygens (including phenoxy) is 2. The molecule has 0 aliphatic rings. The molecule has 0 fully saturated rings. The Kier molecular flexibility index (Phi) is 5.41. The summed E-state index contributed by atoms with van der Waals surface area (Å²) in [6.45, 7) is 2.80. The predicted octanol–water partition coefficient (Wildman–Crippen LogP) is 4.99. The lowest BCUT2D eigenvalue weighted by Gasteiger charge is -2.10. The standard InChI is InChI=1S/C24H27N3O2/c1-15-12-16(28-2)13-19-17(8-6-7-11-25)24(27-23(15)19)21-14-22(29-3)18-9-4-5-10-20(18)26-21/h4-5,9-10,12-14,27H,6-8,11,25H2,1-3H3. The van der Waals surface area contributed by atoms with Crippen LogP contribution in [0.5, 0.6) is 11.5 Å². The molecule has 0 aliphatic carbocycles.